The maximum absolute atomic E-state index is 14.7. The SMILES string of the molecule is CC[C@@H](C(=O)[C@@H](C)[C@@H](O)[C@H](C)[C@@H]1O[C@@H]([C@@H](CC)C(=O)O)CC[C@@H]1C)[C@H]1O[C@]2(C=C[C@H](NC(=O)c3ccccc3)[C@]3(CC[C@@](C)([C@H]4CC[C@](O)(CC)[C@H](C)O4)O3)O2)[C@H](C)C[C@@H]1C. The number of nitrogens with one attached hydrogen (secondary N) is 1. The van der Waals surface area contributed by atoms with E-state index < -0.39 is 89.0 Å². The van der Waals surface area contributed by atoms with Crippen LogP contribution in [0.15, 0.2) is 42.5 Å². The first-order valence-electron chi connectivity index (χ1n) is 23.4. The summed E-state index contributed by atoms with van der Waals surface area (Å²) >= 11 is 0. The second-order valence-corrected chi connectivity index (χ2v) is 19.8. The predicted molar refractivity (Wildman–Crippen MR) is 230 cm³/mol. The summed E-state index contributed by atoms with van der Waals surface area (Å²) in [5.74, 6) is -6.27. The molecule has 12 heteroatoms. The number of hydrogen-bond acceptors (Lipinski definition) is 10. The van der Waals surface area contributed by atoms with Crippen molar-refractivity contribution < 1.29 is 53.4 Å². The highest BCUT2D eigenvalue weighted by Crippen LogP contribution is 2.54. The fourth-order valence-electron chi connectivity index (χ4n) is 11.5. The molecule has 1 amide bonds. The maximum atomic E-state index is 14.7. The Bertz CT molecular complexity index is 1720. The number of carboxylic acid groups (broad SMARTS) is 1. The number of aliphatic hydroxyl groups is 2. The van der Waals surface area contributed by atoms with Crippen LogP contribution in [0.4, 0.5) is 0 Å². The number of aliphatic hydroxyl groups excluding tert-OH is 1. The first-order chi connectivity index (χ1) is 28.8. The Morgan fingerprint density at radius 3 is 2.18 bits per heavy atom. The molecule has 0 radical (unpaired) electrons. The van der Waals surface area contributed by atoms with Crippen molar-refractivity contribution in [2.45, 2.75) is 199 Å². The number of rotatable bonds is 14. The summed E-state index contributed by atoms with van der Waals surface area (Å²) in [5.41, 5.74) is -1.20. The van der Waals surface area contributed by atoms with Crippen LogP contribution in [-0.4, -0.2) is 98.4 Å². The third-order valence-corrected chi connectivity index (χ3v) is 15.8. The van der Waals surface area contributed by atoms with Crippen LogP contribution in [-0.2, 0) is 33.3 Å². The van der Waals surface area contributed by atoms with Crippen molar-refractivity contribution in [1.82, 2.24) is 5.32 Å². The third-order valence-electron chi connectivity index (χ3n) is 15.8. The molecule has 0 aromatic heterocycles. The lowest BCUT2D eigenvalue weighted by Gasteiger charge is -2.55. The van der Waals surface area contributed by atoms with Crippen LogP contribution >= 0.6 is 0 Å². The quantitative estimate of drug-likeness (QED) is 0.136. The number of amides is 1. The van der Waals surface area contributed by atoms with E-state index in [-0.39, 0.29) is 35.5 Å². The summed E-state index contributed by atoms with van der Waals surface area (Å²) in [6.07, 6.45) is 6.56. The molecule has 5 aliphatic rings. The third kappa shape index (κ3) is 9.29. The van der Waals surface area contributed by atoms with Crippen LogP contribution in [0, 0.1) is 41.4 Å². The van der Waals surface area contributed by atoms with Crippen molar-refractivity contribution in [3.8, 4) is 0 Å². The molecule has 0 unspecified atom stereocenters. The van der Waals surface area contributed by atoms with E-state index in [1.54, 1.807) is 19.1 Å². The van der Waals surface area contributed by atoms with E-state index in [9.17, 15) is 29.7 Å². The van der Waals surface area contributed by atoms with Gasteiger partial charge in [0.1, 0.15) is 11.8 Å². The molecule has 4 saturated heterocycles. The molecule has 12 nitrogen and oxygen atoms in total. The molecule has 1 aromatic rings. The lowest BCUT2D eigenvalue weighted by atomic mass is 9.72. The Morgan fingerprint density at radius 2 is 1.56 bits per heavy atom. The second-order valence-electron chi connectivity index (χ2n) is 19.8. The molecule has 18 atom stereocenters. The zero-order chi connectivity index (χ0) is 44.7. The van der Waals surface area contributed by atoms with E-state index in [2.05, 4.69) is 26.1 Å². The van der Waals surface area contributed by atoms with Gasteiger partial charge in [-0.25, -0.2) is 0 Å². The molecule has 342 valence electrons. The Morgan fingerprint density at radius 1 is 0.869 bits per heavy atom. The predicted octanol–water partition coefficient (Wildman–Crippen LogP) is 7.63. The minimum Gasteiger partial charge on any atom is -0.481 e. The monoisotopic (exact) mass is 854 g/mol. The Hall–Kier alpha value is -2.71. The largest absolute Gasteiger partial charge is 0.481 e. The summed E-state index contributed by atoms with van der Waals surface area (Å²) in [6, 6.07) is 8.36. The topological polar surface area (TPSA) is 170 Å². The molecule has 4 N–H and O–H groups in total. The van der Waals surface area contributed by atoms with Gasteiger partial charge in [0.25, 0.3) is 5.91 Å². The van der Waals surface area contributed by atoms with Gasteiger partial charge in [-0.15, -0.1) is 0 Å². The molecule has 5 heterocycles. The fourth-order valence-corrected chi connectivity index (χ4v) is 11.5. The van der Waals surface area contributed by atoms with Crippen LogP contribution in [0.3, 0.4) is 0 Å². The van der Waals surface area contributed by atoms with Gasteiger partial charge < -0.3 is 44.3 Å². The lowest BCUT2D eigenvalue weighted by Crippen LogP contribution is -2.65. The van der Waals surface area contributed by atoms with Crippen molar-refractivity contribution in [3.05, 3.63) is 48.0 Å². The van der Waals surface area contributed by atoms with E-state index in [1.807, 2.05) is 71.9 Å². The highest BCUT2D eigenvalue weighted by molar-refractivity contribution is 5.94. The van der Waals surface area contributed by atoms with Crippen molar-refractivity contribution in [2.24, 2.45) is 41.4 Å². The van der Waals surface area contributed by atoms with Crippen molar-refractivity contribution in [2.75, 3.05) is 0 Å². The number of hydrogen-bond donors (Lipinski definition) is 4. The highest BCUT2D eigenvalue weighted by Gasteiger charge is 2.63. The first-order valence-corrected chi connectivity index (χ1v) is 23.4. The molecular formula is C49H75NO11. The number of carbonyl (C=O) groups is 3. The zero-order valence-electron chi connectivity index (χ0n) is 38.3. The smallest absolute Gasteiger partial charge is 0.309 e. The summed E-state index contributed by atoms with van der Waals surface area (Å²) in [5, 5.41) is 36.2. The van der Waals surface area contributed by atoms with Crippen molar-refractivity contribution in [3.63, 3.8) is 0 Å². The number of ketones is 1. The first kappa shape index (κ1) is 47.8. The molecule has 0 saturated carbocycles. The van der Waals surface area contributed by atoms with Gasteiger partial charge in [-0.05, 0) is 102 Å². The van der Waals surface area contributed by atoms with Gasteiger partial charge in [0, 0.05) is 35.7 Å². The van der Waals surface area contributed by atoms with Gasteiger partial charge in [0.05, 0.1) is 53.7 Å². The minimum atomic E-state index is -1.34. The Labute approximate surface area is 363 Å². The van der Waals surface area contributed by atoms with E-state index >= 15 is 0 Å². The van der Waals surface area contributed by atoms with Crippen molar-refractivity contribution in [1.29, 1.82) is 0 Å². The van der Waals surface area contributed by atoms with Gasteiger partial charge in [-0.3, -0.25) is 14.4 Å². The molecule has 0 aliphatic carbocycles. The Balaban J connectivity index is 1.25. The maximum Gasteiger partial charge on any atom is 0.309 e. The fraction of sp³-hybridized carbons (Fsp3) is 0.776. The number of Topliss-reactive ketones (excluding diaryl/α,β-unsaturated/α-hetero) is 1. The molecule has 0 bridgehead atoms. The normalized spacial score (nSPS) is 41.5. The summed E-state index contributed by atoms with van der Waals surface area (Å²) in [4.78, 5) is 40.4. The average Bonchev–Trinajstić information content (AvgIpc) is 3.58. The molecule has 5 aliphatic heterocycles. The molecule has 6 rings (SSSR count). The molecule has 61 heavy (non-hydrogen) atoms. The van der Waals surface area contributed by atoms with E-state index in [0.29, 0.717) is 63.4 Å². The average molecular weight is 854 g/mol. The number of carbonyl (C=O) groups excluding carboxylic acids is 2. The second kappa shape index (κ2) is 18.8. The molecule has 1 aromatic carbocycles. The van der Waals surface area contributed by atoms with Gasteiger partial charge in [0.2, 0.25) is 0 Å². The van der Waals surface area contributed by atoms with Gasteiger partial charge in [-0.2, -0.15) is 0 Å². The number of benzene rings is 1. The van der Waals surface area contributed by atoms with Gasteiger partial charge >= 0.3 is 5.97 Å². The lowest BCUT2D eigenvalue weighted by molar-refractivity contribution is -0.397. The van der Waals surface area contributed by atoms with Crippen LogP contribution in [0.1, 0.15) is 144 Å². The number of aliphatic carboxylic acids is 1. The molecular weight excluding hydrogens is 779 g/mol. The molecule has 2 spiro atoms. The van der Waals surface area contributed by atoms with Gasteiger partial charge in [-0.1, -0.05) is 79.7 Å². The van der Waals surface area contributed by atoms with Crippen LogP contribution in [0.2, 0.25) is 0 Å². The van der Waals surface area contributed by atoms with E-state index in [1.165, 1.54) is 0 Å². The number of carboxylic acids is 1. The minimum absolute atomic E-state index is 0.0200. The summed E-state index contributed by atoms with van der Waals surface area (Å²) < 4.78 is 34.6. The van der Waals surface area contributed by atoms with Crippen LogP contribution in [0.5, 0.6) is 0 Å². The summed E-state index contributed by atoms with van der Waals surface area (Å²) in [6.45, 7) is 19.7. The summed E-state index contributed by atoms with van der Waals surface area (Å²) in [7, 11) is 0. The van der Waals surface area contributed by atoms with E-state index in [4.69, 9.17) is 23.7 Å². The van der Waals surface area contributed by atoms with Gasteiger partial charge in [0.15, 0.2) is 11.6 Å². The van der Waals surface area contributed by atoms with Crippen molar-refractivity contribution >= 4 is 17.7 Å². The zero-order valence-corrected chi connectivity index (χ0v) is 38.3. The van der Waals surface area contributed by atoms with E-state index in [0.717, 1.165) is 6.42 Å². The Kier molecular flexibility index (Phi) is 14.7. The standard InChI is InChI=1S/C49H75NO11/c1-11-35(45(54)55)37-20-19-28(4)42(58-37)32(8)40(51)31(7)41(52)36(12-2)43-29(5)27-30(6)48(59-43)24-21-38(50-44(53)34-17-15-14-16-18-34)49(61-48)26-25-46(10,60-49)39-22-23-47(56,13-3)33(9)57-39/h14-18,21,24,28-33,35-40,42-43,51,56H,11-13,19-20,22-23,25-27H2,1-10H3,(H,50,53)(H,54,55)/t28-,29-,30+,31-,32-,33-,35+,36-,37+,38-,39+,40+,42+,43-,46-,47+,48-,49-/m0/s1. The van der Waals surface area contributed by atoms with Crippen LogP contribution < -0.4 is 5.32 Å². The molecule has 4 fully saturated rings. The van der Waals surface area contributed by atoms with Crippen LogP contribution in [0.25, 0.3) is 0 Å². The number of ether oxygens (including phenoxy) is 5. The highest BCUT2D eigenvalue weighted by atomic mass is 16.8.